The topological polar surface area (TPSA) is 117 Å². The number of carbonyl (C=O) groups excluding carboxylic acids is 1. The quantitative estimate of drug-likeness (QED) is 0.0271. The first kappa shape index (κ1) is 55.2. The monoisotopic (exact) mass is 828 g/mol. The average Bonchev–Trinajstić information content (AvgIpc) is 3.21. The van der Waals surface area contributed by atoms with E-state index in [1.807, 2.05) is 0 Å². The van der Waals surface area contributed by atoms with E-state index >= 15 is 0 Å². The van der Waals surface area contributed by atoms with E-state index < -0.39 is 13.9 Å². The second-order valence-electron chi connectivity index (χ2n) is 14.2. The maximum absolute atomic E-state index is 12.6. The van der Waals surface area contributed by atoms with E-state index in [0.717, 1.165) is 128 Å². The summed E-state index contributed by atoms with van der Waals surface area (Å²) < 4.78 is 33.4. The summed E-state index contributed by atoms with van der Waals surface area (Å²) in [5, 5.41) is 0. The summed E-state index contributed by atoms with van der Waals surface area (Å²) in [4.78, 5) is 22.5. The second kappa shape index (κ2) is 45.2. The molecule has 58 heavy (non-hydrogen) atoms. The van der Waals surface area contributed by atoms with Crippen molar-refractivity contribution in [2.24, 2.45) is 5.73 Å². The van der Waals surface area contributed by atoms with Crippen LogP contribution in [0.3, 0.4) is 0 Å². The van der Waals surface area contributed by atoms with Gasteiger partial charge in [-0.3, -0.25) is 13.8 Å². The Bertz CT molecular complexity index is 1250. The van der Waals surface area contributed by atoms with E-state index in [1.165, 1.54) is 6.42 Å². The summed E-state index contributed by atoms with van der Waals surface area (Å²) in [5.41, 5.74) is 5.36. The largest absolute Gasteiger partial charge is 0.472 e. The van der Waals surface area contributed by atoms with Crippen LogP contribution in [0.15, 0.2) is 109 Å². The molecule has 0 aliphatic heterocycles. The zero-order valence-electron chi connectivity index (χ0n) is 36.5. The molecular formula is C49H82NO7P. The molecule has 0 radical (unpaired) electrons. The molecule has 2 unspecified atom stereocenters. The van der Waals surface area contributed by atoms with Gasteiger partial charge < -0.3 is 20.1 Å². The van der Waals surface area contributed by atoms with Crippen LogP contribution in [0.1, 0.15) is 155 Å². The number of hydrogen-bond acceptors (Lipinski definition) is 7. The highest BCUT2D eigenvalue weighted by Crippen LogP contribution is 2.43. The molecule has 8 nitrogen and oxygen atoms in total. The Kier molecular flexibility index (Phi) is 43.0. The van der Waals surface area contributed by atoms with Gasteiger partial charge in [-0.15, -0.1) is 0 Å². The van der Waals surface area contributed by atoms with E-state index in [1.54, 1.807) is 0 Å². The highest BCUT2D eigenvalue weighted by atomic mass is 31.2. The first-order valence-electron chi connectivity index (χ1n) is 22.4. The summed E-state index contributed by atoms with van der Waals surface area (Å²) in [6.07, 6.45) is 61.1. The summed E-state index contributed by atoms with van der Waals surface area (Å²) in [5.74, 6) is -0.360. The van der Waals surface area contributed by atoms with E-state index in [4.69, 9.17) is 24.3 Å². The van der Waals surface area contributed by atoms with Crippen molar-refractivity contribution in [1.82, 2.24) is 0 Å². The highest BCUT2D eigenvalue weighted by molar-refractivity contribution is 7.47. The molecule has 0 aliphatic carbocycles. The first-order valence-corrected chi connectivity index (χ1v) is 23.9. The lowest BCUT2D eigenvalue weighted by Gasteiger charge is -2.20. The number of hydrogen-bond donors (Lipinski definition) is 2. The molecule has 0 fully saturated rings. The zero-order chi connectivity index (χ0) is 42.3. The lowest BCUT2D eigenvalue weighted by molar-refractivity contribution is -0.154. The average molecular weight is 828 g/mol. The van der Waals surface area contributed by atoms with Gasteiger partial charge in [-0.25, -0.2) is 4.57 Å². The third-order valence-corrected chi connectivity index (χ3v) is 9.64. The van der Waals surface area contributed by atoms with Crippen molar-refractivity contribution in [3.05, 3.63) is 109 Å². The third kappa shape index (κ3) is 44.3. The Hall–Kier alpha value is -2.84. The van der Waals surface area contributed by atoms with Crippen molar-refractivity contribution < 1.29 is 32.8 Å². The minimum Gasteiger partial charge on any atom is -0.457 e. The number of phosphoric ester groups is 1. The van der Waals surface area contributed by atoms with Gasteiger partial charge in [0.2, 0.25) is 0 Å². The van der Waals surface area contributed by atoms with Gasteiger partial charge in [0.15, 0.2) is 0 Å². The fourth-order valence-electron chi connectivity index (χ4n) is 5.42. The van der Waals surface area contributed by atoms with Gasteiger partial charge in [-0.1, -0.05) is 162 Å². The molecule has 0 aromatic rings. The van der Waals surface area contributed by atoms with Crippen LogP contribution in [0.5, 0.6) is 0 Å². The fourth-order valence-corrected chi connectivity index (χ4v) is 6.19. The predicted molar refractivity (Wildman–Crippen MR) is 247 cm³/mol. The van der Waals surface area contributed by atoms with Gasteiger partial charge in [0.05, 0.1) is 19.8 Å². The predicted octanol–water partition coefficient (Wildman–Crippen LogP) is 13.6. The molecule has 0 heterocycles. The Morgan fingerprint density at radius 1 is 0.534 bits per heavy atom. The van der Waals surface area contributed by atoms with Crippen LogP contribution in [0.4, 0.5) is 0 Å². The van der Waals surface area contributed by atoms with Gasteiger partial charge in [0.25, 0.3) is 0 Å². The van der Waals surface area contributed by atoms with Crippen molar-refractivity contribution in [3.8, 4) is 0 Å². The Morgan fingerprint density at radius 2 is 0.966 bits per heavy atom. The van der Waals surface area contributed by atoms with Crippen LogP contribution in [0.2, 0.25) is 0 Å². The Morgan fingerprint density at radius 3 is 1.45 bits per heavy atom. The van der Waals surface area contributed by atoms with E-state index in [9.17, 15) is 14.3 Å². The second-order valence-corrected chi connectivity index (χ2v) is 15.6. The van der Waals surface area contributed by atoms with Gasteiger partial charge >= 0.3 is 13.8 Å². The Labute approximate surface area is 354 Å². The van der Waals surface area contributed by atoms with Crippen LogP contribution >= 0.6 is 7.82 Å². The molecule has 0 amide bonds. The first-order chi connectivity index (χ1) is 28.4. The Balaban J connectivity index is 4.10. The number of rotatable bonds is 41. The molecule has 3 N–H and O–H groups in total. The number of allylic oxidation sites excluding steroid dienone is 18. The normalized spacial score (nSPS) is 14.5. The van der Waals surface area contributed by atoms with Gasteiger partial charge in [-0.2, -0.15) is 0 Å². The van der Waals surface area contributed by atoms with Crippen LogP contribution in [0, 0.1) is 0 Å². The molecule has 330 valence electrons. The van der Waals surface area contributed by atoms with Crippen molar-refractivity contribution >= 4 is 13.8 Å². The lowest BCUT2D eigenvalue weighted by Crippen LogP contribution is -2.28. The standard InChI is InChI=1S/C49H82NO7P/c1-3-5-7-9-11-13-15-17-18-19-20-21-22-23-24-25-26-27-28-29-31-33-35-37-39-41-44-54-46-48(47-56-58(52,53)55-45-43-50)57-49(51)42-40-38-36-34-32-30-16-14-12-10-8-6-4-2/h5,7-8,10-11,13-14,16-18,20-21,23-24,26-27,29,31,48H,3-4,6,9,12,15,19,22,25,28,30,32-47,50H2,1-2H3,(H,52,53)/b7-5-,10-8-,13-11-,16-14-,18-17-,21-20-,24-23-,27-26-,31-29-. The molecular weight excluding hydrogens is 746 g/mol. The van der Waals surface area contributed by atoms with Crippen LogP contribution in [0.25, 0.3) is 0 Å². The molecule has 0 bridgehead atoms. The van der Waals surface area contributed by atoms with Crippen molar-refractivity contribution in [1.29, 1.82) is 0 Å². The van der Waals surface area contributed by atoms with Gasteiger partial charge in [-0.05, 0) is 96.3 Å². The fraction of sp³-hybridized carbons (Fsp3) is 0.612. The molecule has 2 atom stereocenters. The van der Waals surface area contributed by atoms with Gasteiger partial charge in [0.1, 0.15) is 6.10 Å². The molecule has 0 aromatic carbocycles. The van der Waals surface area contributed by atoms with Crippen molar-refractivity contribution in [2.45, 2.75) is 161 Å². The van der Waals surface area contributed by atoms with Crippen molar-refractivity contribution in [3.63, 3.8) is 0 Å². The molecule has 0 saturated carbocycles. The summed E-state index contributed by atoms with van der Waals surface area (Å²) in [7, 11) is -4.30. The van der Waals surface area contributed by atoms with Gasteiger partial charge in [0, 0.05) is 19.6 Å². The molecule has 0 aromatic heterocycles. The summed E-state index contributed by atoms with van der Waals surface area (Å²) in [6, 6.07) is 0. The summed E-state index contributed by atoms with van der Waals surface area (Å²) >= 11 is 0. The van der Waals surface area contributed by atoms with E-state index in [0.29, 0.717) is 6.61 Å². The smallest absolute Gasteiger partial charge is 0.457 e. The third-order valence-electron chi connectivity index (χ3n) is 8.66. The number of ether oxygens (including phenoxy) is 2. The molecule has 0 saturated heterocycles. The lowest BCUT2D eigenvalue weighted by atomic mass is 10.1. The number of nitrogens with two attached hydrogens (primary N) is 1. The number of carbonyl (C=O) groups is 1. The van der Waals surface area contributed by atoms with Crippen molar-refractivity contribution in [2.75, 3.05) is 33.0 Å². The SMILES string of the molecule is CC/C=C\C/C=C\C/C=C\C/C=C\C/C=C\C/C=C\C/C=C\CCCCCCOCC(COP(=O)(O)OCCN)OC(=O)CCCCCCC/C=C\C/C=C\CCC. The minimum atomic E-state index is -4.30. The highest BCUT2D eigenvalue weighted by Gasteiger charge is 2.25. The van der Waals surface area contributed by atoms with Crippen LogP contribution < -0.4 is 5.73 Å². The number of phosphoric acid groups is 1. The number of esters is 1. The zero-order valence-corrected chi connectivity index (χ0v) is 37.4. The molecule has 0 rings (SSSR count). The van der Waals surface area contributed by atoms with Crippen LogP contribution in [-0.4, -0.2) is 49.9 Å². The maximum atomic E-state index is 12.6. The summed E-state index contributed by atoms with van der Waals surface area (Å²) in [6.45, 7) is 4.62. The number of unbranched alkanes of at least 4 members (excludes halogenated alkanes) is 10. The minimum absolute atomic E-state index is 0.0852. The molecule has 9 heteroatoms. The van der Waals surface area contributed by atoms with Crippen LogP contribution in [-0.2, 0) is 27.9 Å². The maximum Gasteiger partial charge on any atom is 0.472 e. The molecule has 0 spiro atoms. The van der Waals surface area contributed by atoms with E-state index in [-0.39, 0.29) is 38.8 Å². The molecule has 0 aliphatic rings. The van der Waals surface area contributed by atoms with E-state index in [2.05, 4.69) is 123 Å².